The molecular formula is C27H23N5O2S. The van der Waals surface area contributed by atoms with E-state index in [0.29, 0.717) is 28.6 Å². The number of hydrogen-bond donors (Lipinski definition) is 0. The summed E-state index contributed by atoms with van der Waals surface area (Å²) in [4.78, 5) is 31.8. The highest BCUT2D eigenvalue weighted by Crippen LogP contribution is 2.30. The Kier molecular flexibility index (Phi) is 5.88. The molecular weight excluding hydrogens is 458 g/mol. The molecule has 0 saturated carbocycles. The SMILES string of the molecule is C=CCn1c2ccccc2n2nc(C)c(C(=O)/C=C/c3csc(N(C(C)=O)c4ccccc4)n3)c12. The summed E-state index contributed by atoms with van der Waals surface area (Å²) in [6.07, 6.45) is 5.00. The molecule has 0 spiro atoms. The number of nitrogens with zero attached hydrogens (tertiary/aromatic N) is 5. The lowest BCUT2D eigenvalue weighted by molar-refractivity contribution is -0.115. The van der Waals surface area contributed by atoms with Gasteiger partial charge in [-0.15, -0.1) is 17.9 Å². The van der Waals surface area contributed by atoms with E-state index in [1.165, 1.54) is 24.3 Å². The maximum Gasteiger partial charge on any atom is 0.230 e. The average Bonchev–Trinajstić information content (AvgIpc) is 3.53. The van der Waals surface area contributed by atoms with E-state index < -0.39 is 0 Å². The van der Waals surface area contributed by atoms with E-state index in [2.05, 4.69) is 21.2 Å². The monoisotopic (exact) mass is 481 g/mol. The zero-order valence-corrected chi connectivity index (χ0v) is 20.2. The molecule has 1 amide bonds. The van der Waals surface area contributed by atoms with E-state index in [4.69, 9.17) is 0 Å². The van der Waals surface area contributed by atoms with Gasteiger partial charge in [-0.05, 0) is 43.3 Å². The molecule has 0 unspecified atom stereocenters. The van der Waals surface area contributed by atoms with Gasteiger partial charge in [-0.3, -0.25) is 14.5 Å². The predicted molar refractivity (Wildman–Crippen MR) is 140 cm³/mol. The Labute approximate surface area is 206 Å². The minimum absolute atomic E-state index is 0.134. The molecule has 0 radical (unpaired) electrons. The van der Waals surface area contributed by atoms with Crippen LogP contribution in [0.2, 0.25) is 0 Å². The van der Waals surface area contributed by atoms with Crippen molar-refractivity contribution in [1.82, 2.24) is 19.2 Å². The summed E-state index contributed by atoms with van der Waals surface area (Å²) < 4.78 is 3.87. The smallest absolute Gasteiger partial charge is 0.230 e. The van der Waals surface area contributed by atoms with Crippen molar-refractivity contribution in [2.45, 2.75) is 20.4 Å². The van der Waals surface area contributed by atoms with Crippen molar-refractivity contribution >= 4 is 56.6 Å². The fourth-order valence-corrected chi connectivity index (χ4v) is 5.08. The van der Waals surface area contributed by atoms with Gasteiger partial charge in [0.1, 0.15) is 5.65 Å². The molecule has 0 atom stereocenters. The number of aromatic nitrogens is 4. The van der Waals surface area contributed by atoms with Crippen LogP contribution in [-0.2, 0) is 11.3 Å². The Bertz CT molecular complexity index is 1610. The Morgan fingerprint density at radius 1 is 1.09 bits per heavy atom. The van der Waals surface area contributed by atoms with Crippen LogP contribution in [0.4, 0.5) is 10.8 Å². The number of allylic oxidation sites excluding steroid dienone is 2. The van der Waals surface area contributed by atoms with Crippen LogP contribution in [0.5, 0.6) is 0 Å². The van der Waals surface area contributed by atoms with Crippen LogP contribution in [0, 0.1) is 6.92 Å². The number of hydrogen-bond acceptors (Lipinski definition) is 5. The molecule has 0 aliphatic carbocycles. The Morgan fingerprint density at radius 3 is 2.51 bits per heavy atom. The summed E-state index contributed by atoms with van der Waals surface area (Å²) >= 11 is 1.35. The number of para-hydroxylation sites is 3. The standard InChI is InChI=1S/C27H23N5O2S/c1-4-16-30-22-12-8-9-13-23(22)32-26(30)25(18(2)29-32)24(34)15-14-20-17-35-27(28-20)31(19(3)33)21-10-6-5-7-11-21/h4-15,17H,1,16H2,2-3H3/b15-14+. The van der Waals surface area contributed by atoms with Crippen molar-refractivity contribution in [1.29, 1.82) is 0 Å². The fourth-order valence-electron chi connectivity index (χ4n) is 4.22. The molecule has 3 heterocycles. The first-order valence-electron chi connectivity index (χ1n) is 11.1. The largest absolute Gasteiger partial charge is 0.320 e. The second-order valence-corrected chi connectivity index (χ2v) is 8.86. The minimum atomic E-state index is -0.161. The Balaban J connectivity index is 1.50. The first kappa shape index (κ1) is 22.5. The van der Waals surface area contributed by atoms with Crippen LogP contribution in [-0.4, -0.2) is 30.9 Å². The Hall–Kier alpha value is -4.30. The zero-order valence-electron chi connectivity index (χ0n) is 19.4. The number of fused-ring (bicyclic) bond motifs is 3. The third-order valence-electron chi connectivity index (χ3n) is 5.69. The molecule has 0 saturated heterocycles. The summed E-state index contributed by atoms with van der Waals surface area (Å²) in [5, 5.41) is 7.02. The molecule has 0 bridgehead atoms. The van der Waals surface area contributed by atoms with Crippen molar-refractivity contribution in [2.75, 3.05) is 4.90 Å². The second kappa shape index (κ2) is 9.15. The molecule has 2 aromatic carbocycles. The lowest BCUT2D eigenvalue weighted by Crippen LogP contribution is -2.22. The Morgan fingerprint density at radius 2 is 1.80 bits per heavy atom. The van der Waals surface area contributed by atoms with E-state index in [1.54, 1.807) is 11.0 Å². The molecule has 0 fully saturated rings. The van der Waals surface area contributed by atoms with Gasteiger partial charge in [-0.2, -0.15) is 5.10 Å². The highest BCUT2D eigenvalue weighted by atomic mass is 32.1. The van der Waals surface area contributed by atoms with Gasteiger partial charge in [0.05, 0.1) is 33.7 Å². The molecule has 3 aromatic heterocycles. The maximum absolute atomic E-state index is 13.3. The van der Waals surface area contributed by atoms with Gasteiger partial charge in [0, 0.05) is 18.8 Å². The highest BCUT2D eigenvalue weighted by molar-refractivity contribution is 7.14. The highest BCUT2D eigenvalue weighted by Gasteiger charge is 2.22. The van der Waals surface area contributed by atoms with Gasteiger partial charge >= 0.3 is 0 Å². The fraction of sp³-hybridized carbons (Fsp3) is 0.111. The van der Waals surface area contributed by atoms with Crippen LogP contribution < -0.4 is 4.90 Å². The number of ketones is 1. The summed E-state index contributed by atoms with van der Waals surface area (Å²) in [5.74, 6) is -0.295. The van der Waals surface area contributed by atoms with Crippen molar-refractivity contribution in [3.05, 3.63) is 95.7 Å². The summed E-state index contributed by atoms with van der Waals surface area (Å²) in [6, 6.07) is 17.3. The van der Waals surface area contributed by atoms with Crippen molar-refractivity contribution < 1.29 is 9.59 Å². The average molecular weight is 482 g/mol. The van der Waals surface area contributed by atoms with Crippen LogP contribution >= 0.6 is 11.3 Å². The predicted octanol–water partition coefficient (Wildman–Crippen LogP) is 5.82. The van der Waals surface area contributed by atoms with Crippen molar-refractivity contribution in [3.63, 3.8) is 0 Å². The molecule has 5 rings (SSSR count). The molecule has 35 heavy (non-hydrogen) atoms. The molecule has 5 aromatic rings. The maximum atomic E-state index is 13.3. The summed E-state index contributed by atoms with van der Waals surface area (Å²) in [6.45, 7) is 7.77. The van der Waals surface area contributed by atoms with E-state index in [9.17, 15) is 9.59 Å². The van der Waals surface area contributed by atoms with E-state index >= 15 is 0 Å². The lowest BCUT2D eigenvalue weighted by atomic mass is 10.1. The number of rotatable bonds is 7. The number of thiazole rings is 1. The topological polar surface area (TPSA) is 72.5 Å². The molecule has 0 N–H and O–H groups in total. The van der Waals surface area contributed by atoms with Crippen LogP contribution in [0.3, 0.4) is 0 Å². The van der Waals surface area contributed by atoms with Gasteiger partial charge in [0.15, 0.2) is 10.9 Å². The summed E-state index contributed by atoms with van der Waals surface area (Å²) in [5.41, 5.74) is 5.21. The van der Waals surface area contributed by atoms with Gasteiger partial charge in [-0.25, -0.2) is 9.50 Å². The first-order valence-corrected chi connectivity index (χ1v) is 12.0. The number of amides is 1. The minimum Gasteiger partial charge on any atom is -0.320 e. The molecule has 8 heteroatoms. The number of anilines is 2. The number of aryl methyl sites for hydroxylation is 1. The van der Waals surface area contributed by atoms with Crippen molar-refractivity contribution in [3.8, 4) is 0 Å². The number of benzene rings is 2. The number of imidazole rings is 1. The van der Waals surface area contributed by atoms with Crippen molar-refractivity contribution in [2.24, 2.45) is 0 Å². The van der Waals surface area contributed by atoms with Gasteiger partial charge in [0.2, 0.25) is 5.91 Å². The molecule has 174 valence electrons. The number of carbonyl (C=O) groups is 2. The van der Waals surface area contributed by atoms with Crippen LogP contribution in [0.15, 0.2) is 78.7 Å². The zero-order chi connectivity index (χ0) is 24.5. The first-order chi connectivity index (χ1) is 17.0. The van der Waals surface area contributed by atoms with Gasteiger partial charge in [0.25, 0.3) is 0 Å². The van der Waals surface area contributed by atoms with E-state index in [-0.39, 0.29) is 11.7 Å². The summed E-state index contributed by atoms with van der Waals surface area (Å²) in [7, 11) is 0. The van der Waals surface area contributed by atoms with E-state index in [1.807, 2.05) is 77.5 Å². The lowest BCUT2D eigenvalue weighted by Gasteiger charge is -2.17. The number of carbonyl (C=O) groups excluding carboxylic acids is 2. The third-order valence-corrected chi connectivity index (χ3v) is 6.53. The van der Waals surface area contributed by atoms with Crippen LogP contribution in [0.25, 0.3) is 22.8 Å². The third kappa shape index (κ3) is 3.98. The van der Waals surface area contributed by atoms with Crippen LogP contribution in [0.1, 0.15) is 28.7 Å². The molecule has 0 aliphatic heterocycles. The second-order valence-electron chi connectivity index (χ2n) is 8.03. The van der Waals surface area contributed by atoms with Gasteiger partial charge in [-0.1, -0.05) is 36.4 Å². The quantitative estimate of drug-likeness (QED) is 0.167. The van der Waals surface area contributed by atoms with E-state index in [0.717, 1.165) is 22.4 Å². The molecule has 7 nitrogen and oxygen atoms in total. The normalized spacial score (nSPS) is 11.5. The van der Waals surface area contributed by atoms with Gasteiger partial charge < -0.3 is 4.57 Å². The molecule has 0 aliphatic rings.